The van der Waals surface area contributed by atoms with Crippen molar-refractivity contribution in [2.24, 2.45) is 0 Å². The van der Waals surface area contributed by atoms with Crippen molar-refractivity contribution in [3.8, 4) is 0 Å². The Labute approximate surface area is 156 Å². The highest BCUT2D eigenvalue weighted by atomic mass is 32.2. The topological polar surface area (TPSA) is 15.7 Å². The molecule has 3 nitrogen and oxygen atoms in total. The molecule has 3 rings (SSSR count). The fraction of sp³-hybridized carbons (Fsp3) is 0.429. The summed E-state index contributed by atoms with van der Waals surface area (Å²) in [5, 5.41) is 0. The molecule has 1 atom stereocenters. The summed E-state index contributed by atoms with van der Waals surface area (Å²) in [5.41, 5.74) is 4.01. The van der Waals surface area contributed by atoms with Crippen LogP contribution in [0.3, 0.4) is 0 Å². The van der Waals surface area contributed by atoms with Crippen LogP contribution in [0.5, 0.6) is 0 Å². The fourth-order valence-electron chi connectivity index (χ4n) is 3.31. The highest BCUT2D eigenvalue weighted by molar-refractivity contribution is 7.99. The summed E-state index contributed by atoms with van der Waals surface area (Å²) in [6.07, 6.45) is 0.196. The number of benzene rings is 2. The van der Waals surface area contributed by atoms with Crippen LogP contribution in [0.2, 0.25) is 0 Å². The van der Waals surface area contributed by atoms with Crippen LogP contribution >= 0.6 is 11.8 Å². The quantitative estimate of drug-likeness (QED) is 0.779. The Kier molecular flexibility index (Phi) is 6.05. The number of methoxy groups -OCH3 is 1. The van der Waals surface area contributed by atoms with Crippen LogP contribution in [-0.4, -0.2) is 44.4 Å². The standard InChI is InChI=1S/C21H28N2OS/c1-16-9-10-20(17(2)15-16)25-21-8-6-5-7-19(21)23-13-11-22(12-14-23)18(3)24-4/h5-10,15,18H,11-14H2,1-4H3. The number of aryl methyl sites for hydroxylation is 2. The van der Waals surface area contributed by atoms with Gasteiger partial charge in [0.15, 0.2) is 0 Å². The molecule has 0 aliphatic carbocycles. The van der Waals surface area contributed by atoms with Gasteiger partial charge < -0.3 is 9.64 Å². The van der Waals surface area contributed by atoms with Crippen molar-refractivity contribution in [3.63, 3.8) is 0 Å². The molecule has 0 amide bonds. The summed E-state index contributed by atoms with van der Waals surface area (Å²) in [4.78, 5) is 7.58. The lowest BCUT2D eigenvalue weighted by molar-refractivity contribution is -0.0213. The molecule has 4 heteroatoms. The first kappa shape index (κ1) is 18.3. The smallest absolute Gasteiger partial charge is 0.107 e. The van der Waals surface area contributed by atoms with Crippen LogP contribution in [0.4, 0.5) is 5.69 Å². The molecule has 0 radical (unpaired) electrons. The summed E-state index contributed by atoms with van der Waals surface area (Å²) in [5.74, 6) is 0. The number of piperazine rings is 1. The van der Waals surface area contributed by atoms with Crippen molar-refractivity contribution in [1.29, 1.82) is 0 Å². The maximum atomic E-state index is 5.46. The Morgan fingerprint density at radius 1 is 0.960 bits per heavy atom. The Hall–Kier alpha value is -1.49. The minimum Gasteiger partial charge on any atom is -0.368 e. The highest BCUT2D eigenvalue weighted by Gasteiger charge is 2.22. The molecular formula is C21H28N2OS. The predicted molar refractivity (Wildman–Crippen MR) is 107 cm³/mol. The number of hydrogen-bond donors (Lipinski definition) is 0. The lowest BCUT2D eigenvalue weighted by Crippen LogP contribution is -2.50. The summed E-state index contributed by atoms with van der Waals surface area (Å²) >= 11 is 1.87. The Balaban J connectivity index is 1.75. The predicted octanol–water partition coefficient (Wildman–Crippen LogP) is 4.57. The lowest BCUT2D eigenvalue weighted by atomic mass is 10.2. The van der Waals surface area contributed by atoms with Gasteiger partial charge in [-0.3, -0.25) is 4.90 Å². The largest absolute Gasteiger partial charge is 0.368 e. The second-order valence-corrected chi connectivity index (χ2v) is 7.78. The first-order chi connectivity index (χ1) is 12.1. The van der Waals surface area contributed by atoms with Gasteiger partial charge in [0.25, 0.3) is 0 Å². The van der Waals surface area contributed by atoms with E-state index >= 15 is 0 Å². The summed E-state index contributed by atoms with van der Waals surface area (Å²) in [6, 6.07) is 15.5. The van der Waals surface area contributed by atoms with Crippen molar-refractivity contribution >= 4 is 17.4 Å². The lowest BCUT2D eigenvalue weighted by Gasteiger charge is -2.39. The first-order valence-corrected chi connectivity index (χ1v) is 9.76. The third-order valence-electron chi connectivity index (χ3n) is 4.93. The second-order valence-electron chi connectivity index (χ2n) is 6.70. The van der Waals surface area contributed by atoms with E-state index in [1.54, 1.807) is 7.11 Å². The van der Waals surface area contributed by atoms with Gasteiger partial charge in [0.2, 0.25) is 0 Å². The van der Waals surface area contributed by atoms with Crippen LogP contribution < -0.4 is 4.90 Å². The maximum absolute atomic E-state index is 5.46. The normalized spacial score (nSPS) is 16.9. The molecule has 1 unspecified atom stereocenters. The van der Waals surface area contributed by atoms with E-state index < -0.39 is 0 Å². The van der Waals surface area contributed by atoms with Crippen molar-refractivity contribution < 1.29 is 4.74 Å². The molecule has 1 aliphatic heterocycles. The van der Waals surface area contributed by atoms with Gasteiger partial charge in [-0.2, -0.15) is 0 Å². The van der Waals surface area contributed by atoms with Gasteiger partial charge in [-0.25, -0.2) is 0 Å². The number of nitrogens with zero attached hydrogens (tertiary/aromatic N) is 2. The van der Waals surface area contributed by atoms with Crippen molar-refractivity contribution in [2.75, 3.05) is 38.2 Å². The number of para-hydroxylation sites is 1. The molecular weight excluding hydrogens is 328 g/mol. The molecule has 0 aromatic heterocycles. The summed E-state index contributed by atoms with van der Waals surface area (Å²) in [7, 11) is 1.78. The molecule has 1 fully saturated rings. The van der Waals surface area contributed by atoms with Crippen LogP contribution in [0.1, 0.15) is 18.1 Å². The summed E-state index contributed by atoms with van der Waals surface area (Å²) < 4.78 is 5.46. The van der Waals surface area contributed by atoms with Crippen LogP contribution in [-0.2, 0) is 4.74 Å². The third-order valence-corrected chi connectivity index (χ3v) is 6.17. The van der Waals surface area contributed by atoms with Gasteiger partial charge in [0, 0.05) is 43.1 Å². The summed E-state index contributed by atoms with van der Waals surface area (Å²) in [6.45, 7) is 10.6. The maximum Gasteiger partial charge on any atom is 0.107 e. The van der Waals surface area contributed by atoms with Gasteiger partial charge in [0.1, 0.15) is 6.23 Å². The van der Waals surface area contributed by atoms with Crippen LogP contribution in [0.15, 0.2) is 52.3 Å². The van der Waals surface area contributed by atoms with Gasteiger partial charge in [-0.1, -0.05) is 41.6 Å². The minimum absolute atomic E-state index is 0.196. The zero-order valence-electron chi connectivity index (χ0n) is 15.7. The molecule has 1 saturated heterocycles. The zero-order chi connectivity index (χ0) is 17.8. The molecule has 134 valence electrons. The number of anilines is 1. The van der Waals surface area contributed by atoms with E-state index in [0.29, 0.717) is 0 Å². The van der Waals surface area contributed by atoms with Gasteiger partial charge >= 0.3 is 0 Å². The van der Waals surface area contributed by atoms with E-state index in [1.807, 2.05) is 11.8 Å². The molecule has 1 aliphatic rings. The molecule has 25 heavy (non-hydrogen) atoms. The molecule has 0 saturated carbocycles. The molecule has 0 spiro atoms. The first-order valence-electron chi connectivity index (χ1n) is 8.94. The third kappa shape index (κ3) is 4.38. The van der Waals surface area contributed by atoms with Gasteiger partial charge in [-0.05, 0) is 44.5 Å². The van der Waals surface area contributed by atoms with Gasteiger partial charge in [-0.15, -0.1) is 0 Å². The Bertz CT molecular complexity index is 711. The van der Waals surface area contributed by atoms with Crippen LogP contribution in [0.25, 0.3) is 0 Å². The van der Waals surface area contributed by atoms with Crippen molar-refractivity contribution in [3.05, 3.63) is 53.6 Å². The SMILES string of the molecule is COC(C)N1CCN(c2ccccc2Sc2ccc(C)cc2C)CC1. The van der Waals surface area contributed by atoms with Crippen molar-refractivity contribution in [1.82, 2.24) is 4.90 Å². The molecule has 1 heterocycles. The average Bonchev–Trinajstić information content (AvgIpc) is 2.64. The number of hydrogen-bond acceptors (Lipinski definition) is 4. The van der Waals surface area contributed by atoms with Crippen LogP contribution in [0, 0.1) is 13.8 Å². The fourth-order valence-corrected chi connectivity index (χ4v) is 4.35. The van der Waals surface area contributed by atoms with E-state index in [2.05, 4.69) is 73.0 Å². The monoisotopic (exact) mass is 356 g/mol. The number of ether oxygens (including phenoxy) is 1. The molecule has 2 aromatic rings. The van der Waals surface area contributed by atoms with E-state index in [0.717, 1.165) is 26.2 Å². The number of rotatable bonds is 5. The Morgan fingerprint density at radius 3 is 2.36 bits per heavy atom. The molecule has 2 aromatic carbocycles. The minimum atomic E-state index is 0.196. The van der Waals surface area contributed by atoms with E-state index in [4.69, 9.17) is 4.74 Å². The van der Waals surface area contributed by atoms with E-state index in [1.165, 1.54) is 26.6 Å². The van der Waals surface area contributed by atoms with E-state index in [-0.39, 0.29) is 6.23 Å². The second kappa shape index (κ2) is 8.26. The van der Waals surface area contributed by atoms with Gasteiger partial charge in [0.05, 0.1) is 5.69 Å². The van der Waals surface area contributed by atoms with E-state index in [9.17, 15) is 0 Å². The zero-order valence-corrected chi connectivity index (χ0v) is 16.5. The molecule has 0 bridgehead atoms. The highest BCUT2D eigenvalue weighted by Crippen LogP contribution is 2.37. The average molecular weight is 357 g/mol. The Morgan fingerprint density at radius 2 is 1.68 bits per heavy atom. The van der Waals surface area contributed by atoms with Crippen molar-refractivity contribution in [2.45, 2.75) is 36.8 Å². The molecule has 0 N–H and O–H groups in total.